The fourth-order valence-corrected chi connectivity index (χ4v) is 2.36. The fraction of sp³-hybridized carbons (Fsp3) is 0.667. The summed E-state index contributed by atoms with van der Waals surface area (Å²) < 4.78 is 0. The highest BCUT2D eigenvalue weighted by atomic mass is 14.8. The number of hydrogen-bond acceptors (Lipinski definition) is 3. The van der Waals surface area contributed by atoms with Crippen LogP contribution >= 0.6 is 0 Å². The highest BCUT2D eigenvalue weighted by Crippen LogP contribution is 2.32. The Morgan fingerprint density at radius 1 is 1.13 bits per heavy atom. The van der Waals surface area contributed by atoms with Gasteiger partial charge in [-0.1, -0.05) is 0 Å². The van der Waals surface area contributed by atoms with Gasteiger partial charge in [-0.15, -0.1) is 0 Å². The summed E-state index contributed by atoms with van der Waals surface area (Å²) in [6, 6.07) is 0.407. The highest BCUT2D eigenvalue weighted by Gasteiger charge is 2.22. The van der Waals surface area contributed by atoms with Crippen LogP contribution in [-0.4, -0.2) is 16.0 Å². The minimum Gasteiger partial charge on any atom is -0.328 e. The maximum atomic E-state index is 5.91. The summed E-state index contributed by atoms with van der Waals surface area (Å²) in [5.41, 5.74) is 9.52. The molecule has 0 unspecified atom stereocenters. The summed E-state index contributed by atoms with van der Waals surface area (Å²) in [5.74, 6) is 0.603. The van der Waals surface area contributed by atoms with E-state index in [1.165, 1.54) is 24.1 Å². The highest BCUT2D eigenvalue weighted by molar-refractivity contribution is 5.25. The van der Waals surface area contributed by atoms with Crippen molar-refractivity contribution >= 4 is 0 Å². The molecule has 3 heteroatoms. The molecule has 1 fully saturated rings. The van der Waals surface area contributed by atoms with Crippen molar-refractivity contribution < 1.29 is 0 Å². The zero-order valence-electron chi connectivity index (χ0n) is 9.53. The van der Waals surface area contributed by atoms with E-state index in [1.54, 1.807) is 6.33 Å². The lowest BCUT2D eigenvalue weighted by Gasteiger charge is -2.26. The summed E-state index contributed by atoms with van der Waals surface area (Å²) in [6.45, 7) is 4.17. The Morgan fingerprint density at radius 2 is 1.80 bits per heavy atom. The van der Waals surface area contributed by atoms with Crippen molar-refractivity contribution in [3.63, 3.8) is 0 Å². The smallest absolute Gasteiger partial charge is 0.115 e. The molecule has 1 heterocycles. The Morgan fingerprint density at radius 3 is 2.47 bits per heavy atom. The van der Waals surface area contributed by atoms with Gasteiger partial charge in [0.1, 0.15) is 6.33 Å². The second-order valence-electron chi connectivity index (χ2n) is 4.58. The van der Waals surface area contributed by atoms with Crippen molar-refractivity contribution in [2.24, 2.45) is 5.73 Å². The predicted octanol–water partition coefficient (Wildman–Crippen LogP) is 2.08. The number of nitrogens with two attached hydrogens (primary N) is 1. The average molecular weight is 205 g/mol. The number of hydrogen-bond donors (Lipinski definition) is 1. The summed E-state index contributed by atoms with van der Waals surface area (Å²) in [4.78, 5) is 8.65. The van der Waals surface area contributed by atoms with Gasteiger partial charge in [-0.2, -0.15) is 0 Å². The molecule has 0 amide bonds. The molecule has 3 nitrogen and oxygen atoms in total. The van der Waals surface area contributed by atoms with Crippen molar-refractivity contribution in [3.05, 3.63) is 23.3 Å². The third-order valence-electron chi connectivity index (χ3n) is 3.53. The molecule has 82 valence electrons. The van der Waals surface area contributed by atoms with Crippen LogP contribution < -0.4 is 5.73 Å². The topological polar surface area (TPSA) is 51.8 Å². The van der Waals surface area contributed by atoms with Crippen LogP contribution in [0.5, 0.6) is 0 Å². The molecule has 1 aliphatic carbocycles. The van der Waals surface area contributed by atoms with Gasteiger partial charge in [0.05, 0.1) is 0 Å². The molecule has 0 atom stereocenters. The molecule has 1 aromatic heterocycles. The van der Waals surface area contributed by atoms with Crippen LogP contribution in [0.1, 0.15) is 48.6 Å². The summed E-state index contributed by atoms with van der Waals surface area (Å²) in [6.07, 6.45) is 6.31. The van der Waals surface area contributed by atoms with E-state index in [2.05, 4.69) is 23.8 Å². The molecule has 0 bridgehead atoms. The molecule has 15 heavy (non-hydrogen) atoms. The van der Waals surface area contributed by atoms with Gasteiger partial charge in [-0.3, -0.25) is 0 Å². The van der Waals surface area contributed by atoms with Gasteiger partial charge >= 0.3 is 0 Å². The van der Waals surface area contributed by atoms with Crippen molar-refractivity contribution in [3.8, 4) is 0 Å². The lowest BCUT2D eigenvalue weighted by molar-refractivity contribution is 0.389. The first-order valence-corrected chi connectivity index (χ1v) is 5.72. The molecule has 0 spiro atoms. The minimum atomic E-state index is 0.407. The molecule has 1 saturated carbocycles. The molecule has 2 N–H and O–H groups in total. The molecule has 0 aromatic carbocycles. The molecule has 0 saturated heterocycles. The second-order valence-corrected chi connectivity index (χ2v) is 4.58. The summed E-state index contributed by atoms with van der Waals surface area (Å²) >= 11 is 0. The summed E-state index contributed by atoms with van der Waals surface area (Å²) in [7, 11) is 0. The van der Waals surface area contributed by atoms with Gasteiger partial charge < -0.3 is 5.73 Å². The van der Waals surface area contributed by atoms with E-state index >= 15 is 0 Å². The lowest BCUT2D eigenvalue weighted by Crippen LogP contribution is -2.26. The van der Waals surface area contributed by atoms with E-state index in [9.17, 15) is 0 Å². The zero-order valence-corrected chi connectivity index (χ0v) is 9.53. The van der Waals surface area contributed by atoms with Crippen LogP contribution in [0.15, 0.2) is 6.33 Å². The van der Waals surface area contributed by atoms with Gasteiger partial charge in [0.15, 0.2) is 0 Å². The van der Waals surface area contributed by atoms with E-state index < -0.39 is 0 Å². The lowest BCUT2D eigenvalue weighted by atomic mass is 9.83. The van der Waals surface area contributed by atoms with Gasteiger partial charge in [-0.05, 0) is 45.1 Å². The van der Waals surface area contributed by atoms with Crippen molar-refractivity contribution in [1.82, 2.24) is 9.97 Å². The zero-order chi connectivity index (χ0) is 10.8. The third kappa shape index (κ3) is 2.17. The van der Waals surface area contributed by atoms with E-state index in [0.717, 1.165) is 18.5 Å². The average Bonchev–Trinajstić information content (AvgIpc) is 2.24. The Kier molecular flexibility index (Phi) is 3.00. The minimum absolute atomic E-state index is 0.407. The molecule has 0 aliphatic heterocycles. The number of aryl methyl sites for hydroxylation is 1. The molecule has 0 radical (unpaired) electrons. The Balaban J connectivity index is 2.19. The molecule has 1 aromatic rings. The second kappa shape index (κ2) is 4.27. The quantitative estimate of drug-likeness (QED) is 0.763. The molecule has 2 rings (SSSR count). The van der Waals surface area contributed by atoms with E-state index in [4.69, 9.17) is 5.73 Å². The first kappa shape index (κ1) is 10.6. The first-order valence-electron chi connectivity index (χ1n) is 5.72. The number of rotatable bonds is 1. The maximum absolute atomic E-state index is 5.91. The normalized spacial score (nSPS) is 26.6. The first-order chi connectivity index (χ1) is 7.18. The van der Waals surface area contributed by atoms with Crippen molar-refractivity contribution in [1.29, 1.82) is 0 Å². The third-order valence-corrected chi connectivity index (χ3v) is 3.53. The van der Waals surface area contributed by atoms with E-state index in [1.807, 2.05) is 0 Å². The molecular formula is C12H19N3. The fourth-order valence-electron chi connectivity index (χ4n) is 2.36. The Bertz CT molecular complexity index is 341. The number of nitrogens with zero attached hydrogens (tertiary/aromatic N) is 2. The summed E-state index contributed by atoms with van der Waals surface area (Å²) in [5, 5.41) is 0. The number of aromatic nitrogens is 2. The monoisotopic (exact) mass is 205 g/mol. The SMILES string of the molecule is Cc1ncnc(C2CCC(N)CC2)c1C. The van der Waals surface area contributed by atoms with Crippen molar-refractivity contribution in [2.75, 3.05) is 0 Å². The standard InChI is InChI=1S/C12H19N3/c1-8-9(2)14-7-15-12(8)10-3-5-11(13)6-4-10/h7,10-11H,3-6,13H2,1-2H3. The van der Waals surface area contributed by atoms with Crippen molar-refractivity contribution in [2.45, 2.75) is 51.5 Å². The van der Waals surface area contributed by atoms with Gasteiger partial charge in [-0.25, -0.2) is 9.97 Å². The predicted molar refractivity (Wildman–Crippen MR) is 60.7 cm³/mol. The van der Waals surface area contributed by atoms with Gasteiger partial charge in [0.25, 0.3) is 0 Å². The molecular weight excluding hydrogens is 186 g/mol. The van der Waals surface area contributed by atoms with Crippen LogP contribution in [0.25, 0.3) is 0 Å². The Hall–Kier alpha value is -0.960. The van der Waals surface area contributed by atoms with Gasteiger partial charge in [0, 0.05) is 23.3 Å². The van der Waals surface area contributed by atoms with Crippen LogP contribution in [0, 0.1) is 13.8 Å². The van der Waals surface area contributed by atoms with Crippen LogP contribution in [0.4, 0.5) is 0 Å². The molecule has 1 aliphatic rings. The Labute approximate surface area is 91.1 Å². The van der Waals surface area contributed by atoms with E-state index in [0.29, 0.717) is 12.0 Å². The maximum Gasteiger partial charge on any atom is 0.115 e. The van der Waals surface area contributed by atoms with E-state index in [-0.39, 0.29) is 0 Å². The van der Waals surface area contributed by atoms with Gasteiger partial charge in [0.2, 0.25) is 0 Å². The largest absolute Gasteiger partial charge is 0.328 e. The van der Waals surface area contributed by atoms with Crippen LogP contribution in [0.3, 0.4) is 0 Å². The van der Waals surface area contributed by atoms with Crippen LogP contribution in [0.2, 0.25) is 0 Å². The van der Waals surface area contributed by atoms with Crippen LogP contribution in [-0.2, 0) is 0 Å².